The lowest BCUT2D eigenvalue weighted by Crippen LogP contribution is -2.00. The minimum absolute atomic E-state index is 0.369. The monoisotopic (exact) mass is 240 g/mol. The van der Waals surface area contributed by atoms with Crippen LogP contribution in [0.1, 0.15) is 15.9 Å². The lowest BCUT2D eigenvalue weighted by molar-refractivity contribution is 0.0696. The van der Waals surface area contributed by atoms with Gasteiger partial charge in [-0.2, -0.15) is 0 Å². The summed E-state index contributed by atoms with van der Waals surface area (Å²) >= 11 is 3.14. The van der Waals surface area contributed by atoms with Crippen LogP contribution in [0, 0.1) is 0 Å². The molecule has 13 heavy (non-hydrogen) atoms. The van der Waals surface area contributed by atoms with Crippen LogP contribution in [0.15, 0.2) is 35.3 Å². The first-order valence-corrected chi connectivity index (χ1v) is 4.73. The van der Waals surface area contributed by atoms with Gasteiger partial charge in [0.1, 0.15) is 0 Å². The summed E-state index contributed by atoms with van der Waals surface area (Å²) < 4.78 is 0. The normalized spacial score (nSPS) is 10.5. The van der Waals surface area contributed by atoms with Crippen molar-refractivity contribution in [2.24, 2.45) is 0 Å². The summed E-state index contributed by atoms with van der Waals surface area (Å²) in [5, 5.41) is 8.83. The molecule has 0 aliphatic heterocycles. The number of carboxylic acids is 1. The predicted molar refractivity (Wildman–Crippen MR) is 55.2 cm³/mol. The van der Waals surface area contributed by atoms with Crippen molar-refractivity contribution in [2.45, 2.75) is 6.42 Å². The Bertz CT molecular complexity index is 331. The van der Waals surface area contributed by atoms with Crippen LogP contribution in [0.2, 0.25) is 0 Å². The minimum Gasteiger partial charge on any atom is -0.478 e. The van der Waals surface area contributed by atoms with Crippen molar-refractivity contribution in [3.8, 4) is 0 Å². The summed E-state index contributed by atoms with van der Waals surface area (Å²) in [6.45, 7) is 0. The van der Waals surface area contributed by atoms with Gasteiger partial charge in [0.05, 0.1) is 5.56 Å². The van der Waals surface area contributed by atoms with E-state index < -0.39 is 5.97 Å². The highest BCUT2D eigenvalue weighted by Gasteiger charge is 2.06. The maximum Gasteiger partial charge on any atom is 0.335 e. The summed E-state index contributed by atoms with van der Waals surface area (Å²) in [4.78, 5) is 12.5. The zero-order chi connectivity index (χ0) is 9.68. The smallest absolute Gasteiger partial charge is 0.335 e. The van der Waals surface area contributed by atoms with Crippen molar-refractivity contribution in [1.82, 2.24) is 0 Å². The second kappa shape index (κ2) is 4.82. The number of hydrogen-bond donors (Lipinski definition) is 1. The van der Waals surface area contributed by atoms with Gasteiger partial charge in [0.25, 0.3) is 0 Å². The molecule has 0 fully saturated rings. The molecule has 2 nitrogen and oxygen atoms in total. The average molecular weight is 241 g/mol. The zero-order valence-corrected chi connectivity index (χ0v) is 8.49. The van der Waals surface area contributed by atoms with Gasteiger partial charge in [-0.05, 0) is 23.0 Å². The van der Waals surface area contributed by atoms with Crippen molar-refractivity contribution in [3.05, 3.63) is 46.5 Å². The lowest BCUT2D eigenvalue weighted by atomic mass is 10.1. The van der Waals surface area contributed by atoms with Crippen molar-refractivity contribution >= 4 is 21.9 Å². The van der Waals surface area contributed by atoms with Crippen molar-refractivity contribution in [3.63, 3.8) is 0 Å². The highest BCUT2D eigenvalue weighted by molar-refractivity contribution is 9.11. The number of allylic oxidation sites excluding steroid dienone is 1. The Balaban J connectivity index is 2.97. The Hall–Kier alpha value is -1.09. The van der Waals surface area contributed by atoms with Crippen LogP contribution >= 0.6 is 15.9 Å². The largest absolute Gasteiger partial charge is 0.478 e. The Morgan fingerprint density at radius 3 is 2.77 bits per heavy atom. The molecular formula is C10H9BrO2. The molecule has 0 aromatic heterocycles. The van der Waals surface area contributed by atoms with E-state index in [1.54, 1.807) is 17.1 Å². The molecule has 0 atom stereocenters. The lowest BCUT2D eigenvalue weighted by Gasteiger charge is -2.01. The minimum atomic E-state index is -0.876. The van der Waals surface area contributed by atoms with Crippen molar-refractivity contribution < 1.29 is 9.90 Å². The standard InChI is InChI=1S/C10H9BrO2/c11-7-3-5-8-4-1-2-6-9(8)10(12)13/h1-4,6-7H,5H2,(H,12,13). The first-order valence-electron chi connectivity index (χ1n) is 3.82. The molecule has 1 aromatic carbocycles. The summed E-state index contributed by atoms with van der Waals surface area (Å²) in [6.07, 6.45) is 2.50. The van der Waals surface area contributed by atoms with Crippen molar-refractivity contribution in [2.75, 3.05) is 0 Å². The van der Waals surface area contributed by atoms with E-state index in [9.17, 15) is 4.79 Å². The van der Waals surface area contributed by atoms with E-state index in [4.69, 9.17) is 5.11 Å². The van der Waals surface area contributed by atoms with Gasteiger partial charge in [-0.3, -0.25) is 0 Å². The molecule has 0 spiro atoms. The number of aromatic carboxylic acids is 1. The molecule has 0 saturated heterocycles. The van der Waals surface area contributed by atoms with Gasteiger partial charge in [0, 0.05) is 0 Å². The van der Waals surface area contributed by atoms with E-state index >= 15 is 0 Å². The van der Waals surface area contributed by atoms with Gasteiger partial charge in [-0.1, -0.05) is 40.2 Å². The number of halogens is 1. The topological polar surface area (TPSA) is 37.3 Å². The number of benzene rings is 1. The molecule has 0 heterocycles. The second-order valence-electron chi connectivity index (χ2n) is 2.53. The highest BCUT2D eigenvalue weighted by atomic mass is 79.9. The molecule has 1 N–H and O–H groups in total. The van der Waals surface area contributed by atoms with Gasteiger partial charge < -0.3 is 5.11 Å². The molecule has 1 rings (SSSR count). The summed E-state index contributed by atoms with van der Waals surface area (Å²) in [5.74, 6) is -0.876. The molecule has 0 bridgehead atoms. The molecule has 0 saturated carbocycles. The first kappa shape index (κ1) is 9.99. The van der Waals surface area contributed by atoms with E-state index in [0.29, 0.717) is 12.0 Å². The molecule has 3 heteroatoms. The average Bonchev–Trinajstić information content (AvgIpc) is 2.15. The summed E-state index contributed by atoms with van der Waals surface area (Å²) in [6, 6.07) is 6.99. The third-order valence-corrected chi connectivity index (χ3v) is 2.05. The van der Waals surface area contributed by atoms with Crippen LogP contribution in [-0.2, 0) is 6.42 Å². The molecular weight excluding hydrogens is 232 g/mol. The fourth-order valence-corrected chi connectivity index (χ4v) is 1.27. The molecule has 0 radical (unpaired) electrons. The maximum absolute atomic E-state index is 10.7. The first-order chi connectivity index (χ1) is 6.25. The van der Waals surface area contributed by atoms with Crippen LogP contribution < -0.4 is 0 Å². The Kier molecular flexibility index (Phi) is 3.71. The van der Waals surface area contributed by atoms with Gasteiger partial charge >= 0.3 is 5.97 Å². The predicted octanol–water partition coefficient (Wildman–Crippen LogP) is 2.84. The SMILES string of the molecule is O=C(O)c1ccccc1CC=CBr. The second-order valence-corrected chi connectivity index (χ2v) is 3.06. The number of hydrogen-bond acceptors (Lipinski definition) is 1. The summed E-state index contributed by atoms with van der Waals surface area (Å²) in [5.41, 5.74) is 1.19. The van der Waals surface area contributed by atoms with Crippen LogP contribution in [0.4, 0.5) is 0 Å². The molecule has 68 valence electrons. The van der Waals surface area contributed by atoms with Gasteiger partial charge in [0.15, 0.2) is 0 Å². The summed E-state index contributed by atoms with van der Waals surface area (Å²) in [7, 11) is 0. The highest BCUT2D eigenvalue weighted by Crippen LogP contribution is 2.10. The Morgan fingerprint density at radius 1 is 1.46 bits per heavy atom. The molecule has 0 aliphatic carbocycles. The third kappa shape index (κ3) is 2.70. The third-order valence-electron chi connectivity index (χ3n) is 1.67. The van der Waals surface area contributed by atoms with Gasteiger partial charge in [0.2, 0.25) is 0 Å². The van der Waals surface area contributed by atoms with Crippen LogP contribution in [-0.4, -0.2) is 11.1 Å². The van der Waals surface area contributed by atoms with Crippen molar-refractivity contribution in [1.29, 1.82) is 0 Å². The van der Waals surface area contributed by atoms with E-state index in [-0.39, 0.29) is 0 Å². The molecule has 0 amide bonds. The van der Waals surface area contributed by atoms with Crippen LogP contribution in [0.3, 0.4) is 0 Å². The van der Waals surface area contributed by atoms with E-state index in [1.807, 2.05) is 18.2 Å². The number of rotatable bonds is 3. The van der Waals surface area contributed by atoms with Crippen LogP contribution in [0.5, 0.6) is 0 Å². The quantitative estimate of drug-likeness (QED) is 0.883. The van der Waals surface area contributed by atoms with Gasteiger partial charge in [-0.15, -0.1) is 0 Å². The molecule has 1 aromatic rings. The van der Waals surface area contributed by atoms with E-state index in [2.05, 4.69) is 15.9 Å². The van der Waals surface area contributed by atoms with Crippen LogP contribution in [0.25, 0.3) is 0 Å². The number of carboxylic acid groups (broad SMARTS) is 1. The fourth-order valence-electron chi connectivity index (χ4n) is 1.08. The maximum atomic E-state index is 10.7. The van der Waals surface area contributed by atoms with E-state index in [1.165, 1.54) is 0 Å². The Morgan fingerprint density at radius 2 is 2.15 bits per heavy atom. The van der Waals surface area contributed by atoms with E-state index in [0.717, 1.165) is 5.56 Å². The number of carbonyl (C=O) groups is 1. The Labute approximate surface area is 85.0 Å². The molecule has 0 aliphatic rings. The van der Waals surface area contributed by atoms with Gasteiger partial charge in [-0.25, -0.2) is 4.79 Å². The zero-order valence-electron chi connectivity index (χ0n) is 6.90. The fraction of sp³-hybridized carbons (Fsp3) is 0.100. The molecule has 0 unspecified atom stereocenters.